The van der Waals surface area contributed by atoms with Crippen molar-refractivity contribution in [2.45, 2.75) is 32.4 Å². The molecule has 5 heteroatoms. The van der Waals surface area contributed by atoms with E-state index in [9.17, 15) is 4.79 Å². The lowest BCUT2D eigenvalue weighted by Crippen LogP contribution is -2.39. The molecule has 0 fully saturated rings. The van der Waals surface area contributed by atoms with Crippen LogP contribution in [-0.4, -0.2) is 21.8 Å². The topological polar surface area (TPSA) is 67.4 Å². The third-order valence-corrected chi connectivity index (χ3v) is 3.36. The summed E-state index contributed by atoms with van der Waals surface area (Å²) < 4.78 is 6.65. The monoisotopic (exact) mass is 264 g/mol. The highest BCUT2D eigenvalue weighted by Gasteiger charge is 2.16. The van der Waals surface area contributed by atoms with E-state index in [1.165, 1.54) is 4.57 Å². The van der Waals surface area contributed by atoms with E-state index in [1.807, 2.05) is 32.0 Å². The van der Waals surface area contributed by atoms with Gasteiger partial charge in [-0.15, -0.1) is 0 Å². The second kappa shape index (κ2) is 5.19. The van der Waals surface area contributed by atoms with E-state index in [-0.39, 0.29) is 17.9 Å². The molecular weight excluding hydrogens is 244 g/mol. The predicted octanol–water partition coefficient (Wildman–Crippen LogP) is 1.38. The molecule has 0 aliphatic heterocycles. The van der Waals surface area contributed by atoms with Crippen molar-refractivity contribution in [2.24, 2.45) is 7.05 Å². The van der Waals surface area contributed by atoms with Gasteiger partial charge in [0, 0.05) is 25.7 Å². The number of benzene rings is 1. The van der Waals surface area contributed by atoms with E-state index in [2.05, 4.69) is 5.32 Å². The fraction of sp³-hybridized carbons (Fsp3) is 0.500. The summed E-state index contributed by atoms with van der Waals surface area (Å²) in [6.45, 7) is 4.92. The number of nitrogens with one attached hydrogen (secondary N) is 1. The molecule has 0 spiro atoms. The van der Waals surface area contributed by atoms with Crippen molar-refractivity contribution in [3.63, 3.8) is 0 Å². The molecule has 1 heterocycles. The van der Waals surface area contributed by atoms with Crippen LogP contribution in [0.1, 0.15) is 25.8 Å². The third-order valence-electron chi connectivity index (χ3n) is 3.36. The highest BCUT2D eigenvalue weighted by molar-refractivity contribution is 5.73. The van der Waals surface area contributed by atoms with E-state index in [1.54, 1.807) is 7.05 Å². The molecule has 104 valence electrons. The molecule has 0 saturated heterocycles. The molecule has 0 radical (unpaired) electrons. The van der Waals surface area contributed by atoms with Crippen molar-refractivity contribution in [2.75, 3.05) is 6.61 Å². The van der Waals surface area contributed by atoms with Crippen molar-refractivity contribution in [1.29, 1.82) is 0 Å². The molecule has 1 aromatic carbocycles. The Hall–Kier alpha value is -1.59. The first-order valence-corrected chi connectivity index (χ1v) is 6.37. The number of rotatable bonds is 5. The highest BCUT2D eigenvalue weighted by Crippen LogP contribution is 2.15. The van der Waals surface area contributed by atoms with Crippen LogP contribution in [0.3, 0.4) is 0 Å². The van der Waals surface area contributed by atoms with Crippen molar-refractivity contribution < 1.29 is 9.52 Å². The Kier molecular flexibility index (Phi) is 3.78. The number of hydrogen-bond donors (Lipinski definition) is 2. The molecule has 0 bridgehead atoms. The van der Waals surface area contributed by atoms with Crippen molar-refractivity contribution in [3.05, 3.63) is 34.3 Å². The van der Waals surface area contributed by atoms with Crippen molar-refractivity contribution >= 4 is 11.1 Å². The van der Waals surface area contributed by atoms with Crippen LogP contribution in [0.25, 0.3) is 11.1 Å². The molecular formula is C14H20N2O3. The van der Waals surface area contributed by atoms with Gasteiger partial charge in [0.2, 0.25) is 0 Å². The number of aliphatic hydroxyl groups excluding tert-OH is 1. The summed E-state index contributed by atoms with van der Waals surface area (Å²) in [5.41, 5.74) is 2.32. The molecule has 19 heavy (non-hydrogen) atoms. The average molecular weight is 264 g/mol. The molecule has 5 nitrogen and oxygen atoms in total. The van der Waals surface area contributed by atoms with Gasteiger partial charge in [0.05, 0.1) is 5.52 Å². The molecule has 0 amide bonds. The SMILES string of the molecule is Cn1c(=O)oc2cc(CNC(C)(C)CCO)ccc21. The first-order valence-electron chi connectivity index (χ1n) is 6.37. The maximum absolute atomic E-state index is 11.4. The number of fused-ring (bicyclic) bond motifs is 1. The highest BCUT2D eigenvalue weighted by atomic mass is 16.4. The quantitative estimate of drug-likeness (QED) is 0.856. The molecule has 0 aliphatic carbocycles. The van der Waals surface area contributed by atoms with E-state index >= 15 is 0 Å². The number of hydrogen-bond acceptors (Lipinski definition) is 4. The van der Waals surface area contributed by atoms with Crippen LogP contribution >= 0.6 is 0 Å². The Morgan fingerprint density at radius 3 is 2.84 bits per heavy atom. The fourth-order valence-electron chi connectivity index (χ4n) is 2.00. The third kappa shape index (κ3) is 3.05. The Bertz CT molecular complexity index is 625. The first kappa shape index (κ1) is 13.8. The summed E-state index contributed by atoms with van der Waals surface area (Å²) >= 11 is 0. The summed E-state index contributed by atoms with van der Waals surface area (Å²) in [4.78, 5) is 11.4. The van der Waals surface area contributed by atoms with Crippen LogP contribution in [0.15, 0.2) is 27.4 Å². The standard InChI is InChI=1S/C14H20N2O3/c1-14(2,6-7-17)15-9-10-4-5-11-12(8-10)19-13(18)16(11)3/h4-5,8,15,17H,6-7,9H2,1-3H3. The van der Waals surface area contributed by atoms with Crippen LogP contribution in [0.2, 0.25) is 0 Å². The number of aryl methyl sites for hydroxylation is 1. The van der Waals surface area contributed by atoms with Gasteiger partial charge in [0.15, 0.2) is 5.58 Å². The Balaban J connectivity index is 2.16. The number of aliphatic hydroxyl groups is 1. The fourth-order valence-corrected chi connectivity index (χ4v) is 2.00. The molecule has 0 aliphatic rings. The first-order chi connectivity index (χ1) is 8.93. The maximum Gasteiger partial charge on any atom is 0.419 e. The lowest BCUT2D eigenvalue weighted by molar-refractivity contribution is 0.230. The van der Waals surface area contributed by atoms with Crippen LogP contribution in [0, 0.1) is 0 Å². The summed E-state index contributed by atoms with van der Waals surface area (Å²) in [5, 5.41) is 12.4. The molecule has 1 aromatic heterocycles. The number of nitrogens with zero attached hydrogens (tertiary/aromatic N) is 1. The minimum atomic E-state index is -0.347. The van der Waals surface area contributed by atoms with Gasteiger partial charge in [0.25, 0.3) is 0 Å². The second-order valence-electron chi connectivity index (χ2n) is 5.44. The van der Waals surface area contributed by atoms with Crippen molar-refractivity contribution in [1.82, 2.24) is 9.88 Å². The van der Waals surface area contributed by atoms with Gasteiger partial charge in [-0.25, -0.2) is 4.79 Å². The van der Waals surface area contributed by atoms with E-state index in [0.29, 0.717) is 18.5 Å². The minimum absolute atomic E-state index is 0.124. The summed E-state index contributed by atoms with van der Waals surface area (Å²) in [7, 11) is 1.69. The van der Waals surface area contributed by atoms with Gasteiger partial charge in [-0.2, -0.15) is 0 Å². The lowest BCUT2D eigenvalue weighted by Gasteiger charge is -2.25. The molecule has 2 rings (SSSR count). The van der Waals surface area contributed by atoms with E-state index < -0.39 is 0 Å². The normalized spacial score (nSPS) is 12.2. The Morgan fingerprint density at radius 2 is 2.16 bits per heavy atom. The van der Waals surface area contributed by atoms with Gasteiger partial charge in [-0.05, 0) is 38.0 Å². The van der Waals surface area contributed by atoms with Gasteiger partial charge in [0.1, 0.15) is 0 Å². The number of oxazole rings is 1. The largest absolute Gasteiger partial charge is 0.419 e. The molecule has 0 saturated carbocycles. The molecule has 0 atom stereocenters. The van der Waals surface area contributed by atoms with Crippen LogP contribution < -0.4 is 11.1 Å². The van der Waals surface area contributed by atoms with Crippen molar-refractivity contribution in [3.8, 4) is 0 Å². The summed E-state index contributed by atoms with van der Waals surface area (Å²) in [6.07, 6.45) is 0.690. The van der Waals surface area contributed by atoms with Crippen LogP contribution in [0.4, 0.5) is 0 Å². The zero-order valence-electron chi connectivity index (χ0n) is 11.6. The van der Waals surface area contributed by atoms with Gasteiger partial charge in [-0.1, -0.05) is 6.07 Å². The summed E-state index contributed by atoms with van der Waals surface area (Å²) in [5.74, 6) is -0.347. The van der Waals surface area contributed by atoms with E-state index in [0.717, 1.165) is 11.1 Å². The second-order valence-corrected chi connectivity index (χ2v) is 5.44. The average Bonchev–Trinajstić information content (AvgIpc) is 2.62. The smallest absolute Gasteiger partial charge is 0.408 e. The minimum Gasteiger partial charge on any atom is -0.408 e. The van der Waals surface area contributed by atoms with Gasteiger partial charge < -0.3 is 14.8 Å². The zero-order chi connectivity index (χ0) is 14.0. The van der Waals surface area contributed by atoms with Gasteiger partial charge >= 0.3 is 5.76 Å². The predicted molar refractivity (Wildman–Crippen MR) is 74.1 cm³/mol. The van der Waals surface area contributed by atoms with Crippen LogP contribution in [0.5, 0.6) is 0 Å². The van der Waals surface area contributed by atoms with Gasteiger partial charge in [-0.3, -0.25) is 4.57 Å². The Morgan fingerprint density at radius 1 is 1.42 bits per heavy atom. The molecule has 2 N–H and O–H groups in total. The molecule has 0 unspecified atom stereocenters. The summed E-state index contributed by atoms with van der Waals surface area (Å²) in [6, 6.07) is 5.73. The van der Waals surface area contributed by atoms with E-state index in [4.69, 9.17) is 9.52 Å². The maximum atomic E-state index is 11.4. The zero-order valence-corrected chi connectivity index (χ0v) is 11.6. The Labute approximate surface area is 111 Å². The van der Waals surface area contributed by atoms with Crippen LogP contribution in [-0.2, 0) is 13.6 Å². The number of aromatic nitrogens is 1. The lowest BCUT2D eigenvalue weighted by atomic mass is 10.0. The molecule has 2 aromatic rings.